The van der Waals surface area contributed by atoms with E-state index in [1.807, 2.05) is 0 Å². The van der Waals surface area contributed by atoms with Crippen molar-refractivity contribution >= 4 is 34.6 Å². The van der Waals surface area contributed by atoms with Crippen molar-refractivity contribution in [2.24, 2.45) is 0 Å². The number of pyridine rings is 1. The van der Waals surface area contributed by atoms with Crippen molar-refractivity contribution in [3.8, 4) is 17.2 Å². The SMILES string of the molecule is COc1cc(/C=C\C(=O)NCCSc2cc(C(F)(F)F)nc3ccccc23)cc(OC)c1OC. The minimum Gasteiger partial charge on any atom is -0.493 e. The molecule has 6 nitrogen and oxygen atoms in total. The van der Waals surface area contributed by atoms with Gasteiger partial charge in [-0.2, -0.15) is 13.2 Å². The van der Waals surface area contributed by atoms with Crippen LogP contribution in [0.2, 0.25) is 0 Å². The molecular formula is C24H23F3N2O4S. The Labute approximate surface area is 199 Å². The lowest BCUT2D eigenvalue weighted by molar-refractivity contribution is -0.141. The highest BCUT2D eigenvalue weighted by molar-refractivity contribution is 7.99. The molecule has 3 rings (SSSR count). The summed E-state index contributed by atoms with van der Waals surface area (Å²) in [7, 11) is 4.50. The van der Waals surface area contributed by atoms with Gasteiger partial charge in [0, 0.05) is 28.7 Å². The molecule has 0 saturated heterocycles. The first-order valence-electron chi connectivity index (χ1n) is 10.1. The minimum atomic E-state index is -4.54. The van der Waals surface area contributed by atoms with E-state index in [9.17, 15) is 18.0 Å². The number of rotatable bonds is 9. The molecule has 0 aliphatic rings. The number of hydrogen-bond acceptors (Lipinski definition) is 6. The summed E-state index contributed by atoms with van der Waals surface area (Å²) < 4.78 is 55.4. The molecule has 0 atom stereocenters. The third kappa shape index (κ3) is 6.13. The summed E-state index contributed by atoms with van der Waals surface area (Å²) in [5.74, 6) is 1.41. The standard InChI is InChI=1S/C24H23F3N2O4S/c1-31-18-12-15(13-19(32-2)23(18)33-3)8-9-22(30)28-10-11-34-20-14-21(24(25,26)27)29-17-7-5-4-6-16(17)20/h4-9,12-14H,10-11H2,1-3H3,(H,28,30)/b9-8-. The Morgan fingerprint density at radius 1 is 1.06 bits per heavy atom. The summed E-state index contributed by atoms with van der Waals surface area (Å²) in [4.78, 5) is 16.4. The van der Waals surface area contributed by atoms with Crippen molar-refractivity contribution in [3.63, 3.8) is 0 Å². The molecular weight excluding hydrogens is 469 g/mol. The van der Waals surface area contributed by atoms with Gasteiger partial charge in [0.05, 0.1) is 26.8 Å². The molecule has 1 aromatic heterocycles. The van der Waals surface area contributed by atoms with Crippen molar-refractivity contribution in [2.45, 2.75) is 11.1 Å². The highest BCUT2D eigenvalue weighted by Gasteiger charge is 2.33. The number of aromatic nitrogens is 1. The highest BCUT2D eigenvalue weighted by Crippen LogP contribution is 2.38. The quantitative estimate of drug-likeness (QED) is 0.252. The molecule has 3 aromatic rings. The first kappa shape index (κ1) is 25.2. The van der Waals surface area contributed by atoms with Crippen LogP contribution in [0.4, 0.5) is 13.2 Å². The molecule has 2 aromatic carbocycles. The molecule has 0 bridgehead atoms. The normalized spacial score (nSPS) is 11.6. The highest BCUT2D eigenvalue weighted by atomic mass is 32.2. The fourth-order valence-corrected chi connectivity index (χ4v) is 4.12. The lowest BCUT2D eigenvalue weighted by atomic mass is 10.1. The Bertz CT molecular complexity index is 1170. The summed E-state index contributed by atoms with van der Waals surface area (Å²) in [5.41, 5.74) is 0.00474. The number of halogens is 3. The number of methoxy groups -OCH3 is 3. The van der Waals surface area contributed by atoms with Crippen molar-refractivity contribution < 1.29 is 32.2 Å². The van der Waals surface area contributed by atoms with E-state index in [2.05, 4.69) is 10.3 Å². The number of benzene rings is 2. The van der Waals surface area contributed by atoms with Gasteiger partial charge in [-0.25, -0.2) is 4.98 Å². The second-order valence-corrected chi connectivity index (χ2v) is 8.09. The predicted molar refractivity (Wildman–Crippen MR) is 126 cm³/mol. The third-order valence-corrected chi connectivity index (χ3v) is 5.80. The number of thioether (sulfide) groups is 1. The average molecular weight is 493 g/mol. The van der Waals surface area contributed by atoms with E-state index in [4.69, 9.17) is 14.2 Å². The maximum atomic E-state index is 13.2. The zero-order valence-electron chi connectivity index (χ0n) is 18.7. The van der Waals surface area contributed by atoms with Gasteiger partial charge in [-0.3, -0.25) is 4.79 Å². The van der Waals surface area contributed by atoms with Gasteiger partial charge in [0.15, 0.2) is 11.5 Å². The van der Waals surface area contributed by atoms with Crippen LogP contribution in [0, 0.1) is 0 Å². The van der Waals surface area contributed by atoms with Crippen molar-refractivity contribution in [1.82, 2.24) is 10.3 Å². The molecule has 0 saturated carbocycles. The van der Waals surface area contributed by atoms with Gasteiger partial charge in [-0.1, -0.05) is 18.2 Å². The lowest BCUT2D eigenvalue weighted by Gasteiger charge is -2.12. The molecule has 34 heavy (non-hydrogen) atoms. The van der Waals surface area contributed by atoms with Gasteiger partial charge in [-0.15, -0.1) is 11.8 Å². The van der Waals surface area contributed by atoms with E-state index in [1.54, 1.807) is 42.5 Å². The molecule has 0 spiro atoms. The van der Waals surface area contributed by atoms with Crippen LogP contribution in [-0.4, -0.2) is 44.5 Å². The number of nitrogens with one attached hydrogen (secondary N) is 1. The zero-order valence-corrected chi connectivity index (χ0v) is 19.5. The molecule has 180 valence electrons. The van der Waals surface area contributed by atoms with Crippen LogP contribution in [0.1, 0.15) is 11.3 Å². The van der Waals surface area contributed by atoms with E-state index in [1.165, 1.54) is 39.2 Å². The van der Waals surface area contributed by atoms with E-state index >= 15 is 0 Å². The fourth-order valence-electron chi connectivity index (χ4n) is 3.17. The van der Waals surface area contributed by atoms with Crippen LogP contribution in [0.25, 0.3) is 17.0 Å². The second kappa shape index (κ2) is 11.1. The maximum Gasteiger partial charge on any atom is 0.433 e. The maximum absolute atomic E-state index is 13.2. The Morgan fingerprint density at radius 2 is 1.74 bits per heavy atom. The van der Waals surface area contributed by atoms with E-state index in [0.29, 0.717) is 38.8 Å². The van der Waals surface area contributed by atoms with E-state index < -0.39 is 11.9 Å². The Balaban J connectivity index is 1.62. The van der Waals surface area contributed by atoms with E-state index in [0.717, 1.165) is 6.07 Å². The van der Waals surface area contributed by atoms with Gasteiger partial charge in [0.25, 0.3) is 0 Å². The average Bonchev–Trinajstić information content (AvgIpc) is 2.83. The van der Waals surface area contributed by atoms with Gasteiger partial charge in [0.1, 0.15) is 5.69 Å². The lowest BCUT2D eigenvalue weighted by Crippen LogP contribution is -2.23. The minimum absolute atomic E-state index is 0.265. The molecule has 10 heteroatoms. The van der Waals surface area contributed by atoms with E-state index in [-0.39, 0.29) is 18.0 Å². The van der Waals surface area contributed by atoms with Crippen LogP contribution in [0.3, 0.4) is 0 Å². The first-order chi connectivity index (χ1) is 16.3. The van der Waals surface area contributed by atoms with Crippen molar-refractivity contribution in [3.05, 3.63) is 59.8 Å². The van der Waals surface area contributed by atoms with Gasteiger partial charge < -0.3 is 19.5 Å². The number of fused-ring (bicyclic) bond motifs is 1. The zero-order chi connectivity index (χ0) is 24.7. The Kier molecular flexibility index (Phi) is 8.27. The second-order valence-electron chi connectivity index (χ2n) is 6.95. The number of alkyl halides is 3. The summed E-state index contributed by atoms with van der Waals surface area (Å²) in [6, 6.07) is 11.1. The van der Waals surface area contributed by atoms with Gasteiger partial charge in [0.2, 0.25) is 11.7 Å². The summed E-state index contributed by atoms with van der Waals surface area (Å²) >= 11 is 1.22. The molecule has 0 aliphatic carbocycles. The van der Waals surface area contributed by atoms with Crippen LogP contribution in [0.15, 0.2) is 53.4 Å². The van der Waals surface area contributed by atoms with Crippen molar-refractivity contribution in [2.75, 3.05) is 33.6 Å². The smallest absolute Gasteiger partial charge is 0.433 e. The molecule has 0 radical (unpaired) electrons. The number of ether oxygens (including phenoxy) is 3. The number of hydrogen-bond donors (Lipinski definition) is 1. The molecule has 1 N–H and O–H groups in total. The molecule has 1 amide bonds. The summed E-state index contributed by atoms with van der Waals surface area (Å²) in [6.07, 6.45) is -1.58. The number of para-hydroxylation sites is 1. The van der Waals surface area contributed by atoms with Crippen LogP contribution in [-0.2, 0) is 11.0 Å². The first-order valence-corrected chi connectivity index (χ1v) is 11.1. The van der Waals surface area contributed by atoms with Gasteiger partial charge in [-0.05, 0) is 35.9 Å². The molecule has 1 heterocycles. The van der Waals surface area contributed by atoms with Crippen molar-refractivity contribution in [1.29, 1.82) is 0 Å². The summed E-state index contributed by atoms with van der Waals surface area (Å²) in [6.45, 7) is 0.265. The molecule has 0 aliphatic heterocycles. The predicted octanol–water partition coefficient (Wildman–Crippen LogP) is 5.20. The third-order valence-electron chi connectivity index (χ3n) is 4.74. The molecule has 0 unspecified atom stereocenters. The topological polar surface area (TPSA) is 69.7 Å². The molecule has 0 fully saturated rings. The number of carbonyl (C=O) groups is 1. The summed E-state index contributed by atoms with van der Waals surface area (Å²) in [5, 5.41) is 3.36. The van der Waals surface area contributed by atoms with Crippen LogP contribution in [0.5, 0.6) is 17.2 Å². The monoisotopic (exact) mass is 492 g/mol. The Morgan fingerprint density at radius 3 is 2.35 bits per heavy atom. The number of amides is 1. The van der Waals surface area contributed by atoms with Crippen LogP contribution < -0.4 is 19.5 Å². The number of nitrogens with zero attached hydrogens (tertiary/aromatic N) is 1. The number of carbonyl (C=O) groups excluding carboxylic acids is 1. The van der Waals surface area contributed by atoms with Gasteiger partial charge >= 0.3 is 6.18 Å². The largest absolute Gasteiger partial charge is 0.493 e. The Hall–Kier alpha value is -3.40. The van der Waals surface area contributed by atoms with Crippen LogP contribution >= 0.6 is 11.8 Å². The fraction of sp³-hybridized carbons (Fsp3) is 0.250.